The summed E-state index contributed by atoms with van der Waals surface area (Å²) in [7, 11) is 1.63. The summed E-state index contributed by atoms with van der Waals surface area (Å²) in [5.41, 5.74) is 2.84. The maximum absolute atomic E-state index is 12.8. The van der Waals surface area contributed by atoms with Crippen LogP contribution in [0.5, 0.6) is 5.75 Å². The van der Waals surface area contributed by atoms with Crippen LogP contribution >= 0.6 is 0 Å². The Labute approximate surface area is 158 Å². The molecule has 0 atom stereocenters. The van der Waals surface area contributed by atoms with E-state index in [1.54, 1.807) is 13.2 Å². The molecule has 27 heavy (non-hydrogen) atoms. The SMILES string of the molecule is CCC(C)(C)NC(=O)c1cc(-c2ccc(OC)cc2)cc(-n2cnnn2)c1. The molecule has 0 saturated heterocycles. The molecular weight excluding hydrogens is 342 g/mol. The van der Waals surface area contributed by atoms with Gasteiger partial charge < -0.3 is 10.1 Å². The number of methoxy groups -OCH3 is 1. The smallest absolute Gasteiger partial charge is 0.251 e. The molecule has 0 aliphatic rings. The Morgan fingerprint density at radius 3 is 2.48 bits per heavy atom. The lowest BCUT2D eigenvalue weighted by Gasteiger charge is -2.24. The van der Waals surface area contributed by atoms with Crippen LogP contribution in [0.4, 0.5) is 0 Å². The van der Waals surface area contributed by atoms with Gasteiger partial charge in [0.05, 0.1) is 12.8 Å². The number of amides is 1. The van der Waals surface area contributed by atoms with E-state index in [-0.39, 0.29) is 11.4 Å². The number of nitrogens with one attached hydrogen (secondary N) is 1. The molecule has 1 aromatic heterocycles. The molecule has 1 amide bonds. The Morgan fingerprint density at radius 1 is 1.15 bits per heavy atom. The number of ether oxygens (including phenoxy) is 1. The summed E-state index contributed by atoms with van der Waals surface area (Å²) in [5.74, 6) is 0.643. The average molecular weight is 365 g/mol. The second kappa shape index (κ2) is 7.57. The first-order chi connectivity index (χ1) is 12.9. The second-order valence-electron chi connectivity index (χ2n) is 6.94. The Kier molecular flexibility index (Phi) is 5.21. The molecule has 1 N–H and O–H groups in total. The maximum atomic E-state index is 12.8. The fourth-order valence-corrected chi connectivity index (χ4v) is 2.57. The molecule has 3 aromatic rings. The van der Waals surface area contributed by atoms with Crippen molar-refractivity contribution < 1.29 is 9.53 Å². The number of nitrogens with zero attached hydrogens (tertiary/aromatic N) is 4. The highest BCUT2D eigenvalue weighted by Crippen LogP contribution is 2.26. The van der Waals surface area contributed by atoms with E-state index in [1.807, 2.05) is 57.2 Å². The molecular formula is C20H23N5O2. The zero-order valence-corrected chi connectivity index (χ0v) is 15.9. The highest BCUT2D eigenvalue weighted by molar-refractivity contribution is 5.96. The van der Waals surface area contributed by atoms with Crippen LogP contribution < -0.4 is 10.1 Å². The van der Waals surface area contributed by atoms with Crippen molar-refractivity contribution in [3.05, 3.63) is 54.4 Å². The van der Waals surface area contributed by atoms with Gasteiger partial charge in [0.25, 0.3) is 5.91 Å². The van der Waals surface area contributed by atoms with Crippen LogP contribution in [0.15, 0.2) is 48.8 Å². The number of carbonyl (C=O) groups is 1. The van der Waals surface area contributed by atoms with Crippen LogP contribution in [0.2, 0.25) is 0 Å². The van der Waals surface area contributed by atoms with Gasteiger partial charge in [-0.2, -0.15) is 0 Å². The van der Waals surface area contributed by atoms with E-state index in [9.17, 15) is 4.79 Å². The lowest BCUT2D eigenvalue weighted by molar-refractivity contribution is 0.0911. The average Bonchev–Trinajstić information content (AvgIpc) is 3.22. The predicted octanol–water partition coefficient (Wildman–Crippen LogP) is 3.26. The van der Waals surface area contributed by atoms with Gasteiger partial charge in [-0.25, -0.2) is 4.68 Å². The van der Waals surface area contributed by atoms with Crippen molar-refractivity contribution in [2.24, 2.45) is 0 Å². The molecule has 0 spiro atoms. The third-order valence-electron chi connectivity index (χ3n) is 4.55. The first kappa shape index (κ1) is 18.6. The van der Waals surface area contributed by atoms with Gasteiger partial charge in [-0.1, -0.05) is 19.1 Å². The molecule has 0 radical (unpaired) electrons. The summed E-state index contributed by atoms with van der Waals surface area (Å²) in [6, 6.07) is 13.3. The van der Waals surface area contributed by atoms with Crippen LogP contribution in [-0.2, 0) is 0 Å². The number of carbonyl (C=O) groups excluding carboxylic acids is 1. The Balaban J connectivity index is 2.05. The number of hydrogen-bond donors (Lipinski definition) is 1. The van der Waals surface area contributed by atoms with Gasteiger partial charge in [-0.15, -0.1) is 5.10 Å². The van der Waals surface area contributed by atoms with Crippen molar-refractivity contribution in [2.75, 3.05) is 7.11 Å². The molecule has 7 nitrogen and oxygen atoms in total. The van der Waals surface area contributed by atoms with Crippen molar-refractivity contribution in [1.82, 2.24) is 25.5 Å². The maximum Gasteiger partial charge on any atom is 0.251 e. The molecule has 1 heterocycles. The van der Waals surface area contributed by atoms with Crippen LogP contribution in [0.25, 0.3) is 16.8 Å². The first-order valence-corrected chi connectivity index (χ1v) is 8.77. The standard InChI is InChI=1S/C20H23N5O2/c1-5-20(2,3)22-19(26)16-10-15(14-6-8-18(27-4)9-7-14)11-17(12-16)25-13-21-23-24-25/h6-13H,5H2,1-4H3,(H,22,26). The molecule has 0 unspecified atom stereocenters. The molecule has 0 bridgehead atoms. The normalized spacial score (nSPS) is 11.3. The van der Waals surface area contributed by atoms with Gasteiger partial charge in [-0.05, 0) is 72.2 Å². The first-order valence-electron chi connectivity index (χ1n) is 8.77. The monoisotopic (exact) mass is 365 g/mol. The minimum absolute atomic E-state index is 0.133. The minimum Gasteiger partial charge on any atom is -0.497 e. The van der Waals surface area contributed by atoms with Crippen molar-refractivity contribution in [2.45, 2.75) is 32.7 Å². The number of hydrogen-bond acceptors (Lipinski definition) is 5. The van der Waals surface area contributed by atoms with Crippen molar-refractivity contribution in [1.29, 1.82) is 0 Å². The Bertz CT molecular complexity index is 918. The Hall–Kier alpha value is -3.22. The molecule has 3 rings (SSSR count). The van der Waals surface area contributed by atoms with Crippen LogP contribution in [-0.4, -0.2) is 38.8 Å². The Morgan fingerprint density at radius 2 is 1.89 bits per heavy atom. The lowest BCUT2D eigenvalue weighted by atomic mass is 9.99. The second-order valence-corrected chi connectivity index (χ2v) is 6.94. The summed E-state index contributed by atoms with van der Waals surface area (Å²) in [4.78, 5) is 12.8. The van der Waals surface area contributed by atoms with E-state index >= 15 is 0 Å². The number of tetrazole rings is 1. The van der Waals surface area contributed by atoms with Crippen LogP contribution in [0.1, 0.15) is 37.6 Å². The fraction of sp³-hybridized carbons (Fsp3) is 0.300. The molecule has 2 aromatic carbocycles. The van der Waals surface area contributed by atoms with E-state index in [0.717, 1.165) is 23.3 Å². The van der Waals surface area contributed by atoms with Gasteiger partial charge in [-0.3, -0.25) is 4.79 Å². The van der Waals surface area contributed by atoms with Crippen molar-refractivity contribution in [3.63, 3.8) is 0 Å². The van der Waals surface area contributed by atoms with Gasteiger partial charge in [0.15, 0.2) is 0 Å². The summed E-state index contributed by atoms with van der Waals surface area (Å²) in [5, 5.41) is 14.4. The number of aromatic nitrogens is 4. The molecule has 140 valence electrons. The van der Waals surface area contributed by atoms with Gasteiger partial charge >= 0.3 is 0 Å². The van der Waals surface area contributed by atoms with E-state index in [1.165, 1.54) is 11.0 Å². The summed E-state index contributed by atoms with van der Waals surface area (Å²) >= 11 is 0. The predicted molar refractivity (Wildman–Crippen MR) is 103 cm³/mol. The van der Waals surface area contributed by atoms with E-state index in [4.69, 9.17) is 4.74 Å². The van der Waals surface area contributed by atoms with Crippen LogP contribution in [0.3, 0.4) is 0 Å². The van der Waals surface area contributed by atoms with Crippen molar-refractivity contribution >= 4 is 5.91 Å². The van der Waals surface area contributed by atoms with Gasteiger partial charge in [0, 0.05) is 11.1 Å². The summed E-state index contributed by atoms with van der Waals surface area (Å²) in [6.07, 6.45) is 2.33. The zero-order chi connectivity index (χ0) is 19.4. The molecule has 0 aliphatic heterocycles. The topological polar surface area (TPSA) is 81.9 Å². The minimum atomic E-state index is -0.290. The molecule has 0 aliphatic carbocycles. The highest BCUT2D eigenvalue weighted by atomic mass is 16.5. The quantitative estimate of drug-likeness (QED) is 0.725. The van der Waals surface area contributed by atoms with Gasteiger partial charge in [0.2, 0.25) is 0 Å². The molecule has 0 saturated carbocycles. The summed E-state index contributed by atoms with van der Waals surface area (Å²) in [6.45, 7) is 6.04. The third-order valence-corrected chi connectivity index (χ3v) is 4.55. The fourth-order valence-electron chi connectivity index (χ4n) is 2.57. The van der Waals surface area contributed by atoms with E-state index < -0.39 is 0 Å². The highest BCUT2D eigenvalue weighted by Gasteiger charge is 2.20. The van der Waals surface area contributed by atoms with Gasteiger partial charge in [0.1, 0.15) is 12.1 Å². The number of rotatable bonds is 6. The zero-order valence-electron chi connectivity index (χ0n) is 15.9. The molecule has 7 heteroatoms. The number of benzene rings is 2. The third kappa shape index (κ3) is 4.31. The van der Waals surface area contributed by atoms with Crippen LogP contribution in [0, 0.1) is 0 Å². The lowest BCUT2D eigenvalue weighted by Crippen LogP contribution is -2.42. The summed E-state index contributed by atoms with van der Waals surface area (Å²) < 4.78 is 6.76. The van der Waals surface area contributed by atoms with E-state index in [2.05, 4.69) is 20.8 Å². The van der Waals surface area contributed by atoms with Crippen molar-refractivity contribution in [3.8, 4) is 22.6 Å². The largest absolute Gasteiger partial charge is 0.497 e. The molecule has 0 fully saturated rings. The van der Waals surface area contributed by atoms with E-state index in [0.29, 0.717) is 11.3 Å².